The number of likely N-dealkylation sites (N-methyl/N-ethyl adjacent to an activating group) is 1. The van der Waals surface area contributed by atoms with Gasteiger partial charge >= 0.3 is 6.18 Å². The van der Waals surface area contributed by atoms with Crippen molar-refractivity contribution < 1.29 is 42.8 Å². The maximum absolute atomic E-state index is 13.4. The van der Waals surface area contributed by atoms with Crippen molar-refractivity contribution in [3.05, 3.63) is 93.5 Å². The van der Waals surface area contributed by atoms with Crippen LogP contribution < -0.4 is 15.5 Å². The summed E-state index contributed by atoms with van der Waals surface area (Å²) in [6.07, 6.45) is -5.76. The number of halogens is 4. The van der Waals surface area contributed by atoms with Gasteiger partial charge in [0.1, 0.15) is 18.5 Å². The van der Waals surface area contributed by atoms with Crippen molar-refractivity contribution in [1.82, 2.24) is 15.2 Å². The van der Waals surface area contributed by atoms with E-state index in [1.54, 1.807) is 32.0 Å². The summed E-state index contributed by atoms with van der Waals surface area (Å²) in [5.41, 5.74) is 2.29. The lowest BCUT2D eigenvalue weighted by Crippen LogP contribution is -2.35. The van der Waals surface area contributed by atoms with Crippen molar-refractivity contribution in [1.29, 1.82) is 0 Å². The molecule has 278 valence electrons. The van der Waals surface area contributed by atoms with E-state index in [-0.39, 0.29) is 34.7 Å². The molecule has 0 radical (unpaired) electrons. The van der Waals surface area contributed by atoms with Gasteiger partial charge in [-0.3, -0.25) is 14.5 Å². The standard InChI is InChI=1S/C36H45ClF3N5O6/c1-5-44(6-2)21-28(48)22-51-29-11-13-33(30(16-29)35(50)43-41-17-25-10-12-32(37)31(15-25)36(38,39)40)42-34(49)27-9-7-8-26(14-27)20-45(18-23(3)46)19-24(4)47/h7-17,23-24,28,46-48H,5-6,18-22H2,1-4H3,(H,42,49)(H,43,50)/b41-17-. The number of nitrogens with one attached hydrogen (secondary N) is 2. The Morgan fingerprint density at radius 3 is 2.24 bits per heavy atom. The molecule has 3 aromatic rings. The molecule has 15 heteroatoms. The fourth-order valence-electron chi connectivity index (χ4n) is 5.22. The molecule has 0 aliphatic heterocycles. The molecule has 51 heavy (non-hydrogen) atoms. The zero-order chi connectivity index (χ0) is 37.7. The summed E-state index contributed by atoms with van der Waals surface area (Å²) in [6, 6.07) is 14.3. The van der Waals surface area contributed by atoms with E-state index >= 15 is 0 Å². The molecule has 5 N–H and O–H groups in total. The molecule has 0 fully saturated rings. The lowest BCUT2D eigenvalue weighted by atomic mass is 10.1. The molecule has 3 unspecified atom stereocenters. The molecule has 0 saturated heterocycles. The largest absolute Gasteiger partial charge is 0.491 e. The number of hydrazone groups is 1. The van der Waals surface area contributed by atoms with Crippen LogP contribution in [0.15, 0.2) is 65.8 Å². The van der Waals surface area contributed by atoms with E-state index in [9.17, 15) is 38.1 Å². The SMILES string of the molecule is CCN(CC)CC(O)COc1ccc(NC(=O)c2cccc(CN(CC(C)O)CC(C)O)c2)c(C(=O)N/N=C\c2ccc(Cl)c(C(F)(F)F)c2)c1. The van der Waals surface area contributed by atoms with Crippen LogP contribution in [0.5, 0.6) is 5.75 Å². The third-order valence-electron chi connectivity index (χ3n) is 7.61. The van der Waals surface area contributed by atoms with Gasteiger partial charge in [0.15, 0.2) is 0 Å². The fourth-order valence-corrected chi connectivity index (χ4v) is 5.44. The van der Waals surface area contributed by atoms with Crippen molar-refractivity contribution in [2.75, 3.05) is 44.6 Å². The number of benzene rings is 3. The maximum atomic E-state index is 13.4. The second-order valence-electron chi connectivity index (χ2n) is 12.1. The predicted molar refractivity (Wildman–Crippen MR) is 190 cm³/mol. The first-order valence-electron chi connectivity index (χ1n) is 16.5. The first-order valence-corrected chi connectivity index (χ1v) is 16.8. The van der Waals surface area contributed by atoms with Gasteiger partial charge in [-0.25, -0.2) is 5.43 Å². The highest BCUT2D eigenvalue weighted by Gasteiger charge is 2.33. The number of aliphatic hydroxyl groups excluding tert-OH is 3. The zero-order valence-corrected chi connectivity index (χ0v) is 29.7. The molecule has 3 rings (SSSR count). The van der Waals surface area contributed by atoms with Gasteiger partial charge in [0.05, 0.1) is 40.3 Å². The van der Waals surface area contributed by atoms with E-state index < -0.39 is 46.9 Å². The molecular formula is C36H45ClF3N5O6. The van der Waals surface area contributed by atoms with E-state index in [1.165, 1.54) is 24.3 Å². The van der Waals surface area contributed by atoms with Crippen LogP contribution in [0, 0.1) is 0 Å². The topological polar surface area (TPSA) is 147 Å². The normalized spacial score (nSPS) is 13.7. The average molecular weight is 736 g/mol. The van der Waals surface area contributed by atoms with Gasteiger partial charge in [-0.05, 0) is 80.5 Å². The summed E-state index contributed by atoms with van der Waals surface area (Å²) in [5.74, 6) is -1.14. The van der Waals surface area contributed by atoms with Gasteiger partial charge < -0.3 is 30.3 Å². The molecule has 0 heterocycles. The van der Waals surface area contributed by atoms with Crippen molar-refractivity contribution in [2.45, 2.75) is 58.7 Å². The number of rotatable bonds is 18. The van der Waals surface area contributed by atoms with Crippen LogP contribution in [0.1, 0.15) is 65.1 Å². The van der Waals surface area contributed by atoms with Gasteiger partial charge in [-0.2, -0.15) is 18.3 Å². The Hall–Kier alpha value is -4.05. The maximum Gasteiger partial charge on any atom is 0.417 e. The summed E-state index contributed by atoms with van der Waals surface area (Å²) >= 11 is 5.70. The molecule has 0 aromatic heterocycles. The molecule has 0 saturated carbocycles. The van der Waals surface area contributed by atoms with Gasteiger partial charge in [0.2, 0.25) is 0 Å². The molecule has 2 amide bonds. The van der Waals surface area contributed by atoms with E-state index in [4.69, 9.17) is 16.3 Å². The van der Waals surface area contributed by atoms with Crippen LogP contribution in [0.25, 0.3) is 0 Å². The highest BCUT2D eigenvalue weighted by Crippen LogP contribution is 2.35. The number of amides is 2. The number of aliphatic hydroxyl groups is 3. The fraction of sp³-hybridized carbons (Fsp3) is 0.417. The number of carbonyl (C=O) groups is 2. The second-order valence-corrected chi connectivity index (χ2v) is 12.5. The molecule has 3 atom stereocenters. The smallest absolute Gasteiger partial charge is 0.417 e. The first-order chi connectivity index (χ1) is 24.1. The van der Waals surface area contributed by atoms with Crippen molar-refractivity contribution in [3.8, 4) is 5.75 Å². The molecule has 11 nitrogen and oxygen atoms in total. The molecule has 0 aliphatic carbocycles. The number of nitrogens with zero attached hydrogens (tertiary/aromatic N) is 3. The molecule has 0 bridgehead atoms. The third kappa shape index (κ3) is 13.5. The minimum atomic E-state index is -4.69. The average Bonchev–Trinajstić information content (AvgIpc) is 3.06. The van der Waals surface area contributed by atoms with Gasteiger partial charge in [-0.15, -0.1) is 0 Å². The highest BCUT2D eigenvalue weighted by atomic mass is 35.5. The van der Waals surface area contributed by atoms with Crippen LogP contribution in [0.3, 0.4) is 0 Å². The predicted octanol–water partition coefficient (Wildman–Crippen LogP) is 5.02. The summed E-state index contributed by atoms with van der Waals surface area (Å²) in [4.78, 5) is 30.7. The Morgan fingerprint density at radius 1 is 0.922 bits per heavy atom. The van der Waals surface area contributed by atoms with E-state index in [0.29, 0.717) is 26.2 Å². The number of hydrogen-bond acceptors (Lipinski definition) is 9. The Labute approximate surface area is 300 Å². The van der Waals surface area contributed by atoms with Gasteiger partial charge in [0, 0.05) is 31.7 Å². The number of hydrogen-bond donors (Lipinski definition) is 5. The molecule has 0 spiro atoms. The number of ether oxygens (including phenoxy) is 1. The molecule has 0 aliphatic rings. The van der Waals surface area contributed by atoms with Crippen LogP contribution >= 0.6 is 11.6 Å². The second kappa shape index (κ2) is 19.5. The van der Waals surface area contributed by atoms with E-state index in [2.05, 4.69) is 15.8 Å². The minimum absolute atomic E-state index is 0.0279. The number of anilines is 1. The van der Waals surface area contributed by atoms with Gasteiger partial charge in [0.25, 0.3) is 11.8 Å². The minimum Gasteiger partial charge on any atom is -0.491 e. The zero-order valence-electron chi connectivity index (χ0n) is 29.0. The van der Waals surface area contributed by atoms with E-state index in [0.717, 1.165) is 37.0 Å². The summed E-state index contributed by atoms with van der Waals surface area (Å²) in [5, 5.41) is 36.3. The van der Waals surface area contributed by atoms with Crippen molar-refractivity contribution >= 4 is 35.3 Å². The Morgan fingerprint density at radius 2 is 1.61 bits per heavy atom. The van der Waals surface area contributed by atoms with Gasteiger partial charge in [-0.1, -0.05) is 43.6 Å². The lowest BCUT2D eigenvalue weighted by molar-refractivity contribution is -0.137. The quantitative estimate of drug-likeness (QED) is 0.0905. The monoisotopic (exact) mass is 735 g/mol. The first kappa shape index (κ1) is 41.4. The van der Waals surface area contributed by atoms with Crippen LogP contribution in [-0.4, -0.2) is 101 Å². The van der Waals surface area contributed by atoms with Crippen LogP contribution in [-0.2, 0) is 12.7 Å². The molecular weight excluding hydrogens is 691 g/mol. The van der Waals surface area contributed by atoms with Crippen LogP contribution in [0.4, 0.5) is 18.9 Å². The summed E-state index contributed by atoms with van der Waals surface area (Å²) in [7, 11) is 0. The van der Waals surface area contributed by atoms with Crippen molar-refractivity contribution in [3.63, 3.8) is 0 Å². The number of carbonyl (C=O) groups excluding carboxylic acids is 2. The summed E-state index contributed by atoms with van der Waals surface area (Å²) in [6.45, 7) is 9.99. The number of alkyl halides is 3. The van der Waals surface area contributed by atoms with Crippen molar-refractivity contribution in [2.24, 2.45) is 5.10 Å². The molecule has 3 aromatic carbocycles. The third-order valence-corrected chi connectivity index (χ3v) is 7.93. The Bertz CT molecular complexity index is 1630. The summed E-state index contributed by atoms with van der Waals surface area (Å²) < 4.78 is 45.7. The Balaban J connectivity index is 1.85. The lowest BCUT2D eigenvalue weighted by Gasteiger charge is -2.25. The highest BCUT2D eigenvalue weighted by molar-refractivity contribution is 6.31. The van der Waals surface area contributed by atoms with E-state index in [1.807, 2.05) is 29.7 Å². The van der Waals surface area contributed by atoms with Crippen LogP contribution in [0.2, 0.25) is 5.02 Å². The Kier molecular flexibility index (Phi) is 15.8.